The molecule has 8 heteroatoms. The maximum atomic E-state index is 14.0. The first-order valence-electron chi connectivity index (χ1n) is 12.0. The van der Waals surface area contributed by atoms with E-state index < -0.39 is 11.9 Å². The maximum Gasteiger partial charge on any atom is 0.295 e. The highest BCUT2D eigenvalue weighted by atomic mass is 16.5. The number of amides is 1. The molecule has 1 amide bonds. The van der Waals surface area contributed by atoms with E-state index in [0.29, 0.717) is 45.0 Å². The van der Waals surface area contributed by atoms with Gasteiger partial charge in [0.2, 0.25) is 11.5 Å². The van der Waals surface area contributed by atoms with E-state index in [4.69, 9.17) is 18.6 Å². The van der Waals surface area contributed by atoms with Crippen molar-refractivity contribution in [1.29, 1.82) is 0 Å². The minimum atomic E-state index is -0.850. The van der Waals surface area contributed by atoms with Crippen LogP contribution in [0.5, 0.6) is 17.2 Å². The van der Waals surface area contributed by atoms with Gasteiger partial charge in [-0.25, -0.2) is 0 Å². The topological polar surface area (TPSA) is 95.3 Å². The van der Waals surface area contributed by atoms with Crippen molar-refractivity contribution in [2.24, 2.45) is 0 Å². The first-order chi connectivity index (χ1) is 18.2. The average Bonchev–Trinajstić information content (AvgIpc) is 3.21. The van der Waals surface area contributed by atoms with Gasteiger partial charge < -0.3 is 18.6 Å². The highest BCUT2D eigenvalue weighted by Crippen LogP contribution is 2.46. The Morgan fingerprint density at radius 1 is 0.868 bits per heavy atom. The van der Waals surface area contributed by atoms with Gasteiger partial charge in [0.15, 0.2) is 22.7 Å². The average molecular weight is 514 g/mol. The van der Waals surface area contributed by atoms with Crippen molar-refractivity contribution in [3.8, 4) is 17.2 Å². The van der Waals surface area contributed by atoms with Crippen molar-refractivity contribution >= 4 is 28.3 Å². The molecule has 1 aliphatic heterocycles. The van der Waals surface area contributed by atoms with Crippen molar-refractivity contribution in [3.63, 3.8) is 0 Å². The number of ketones is 1. The van der Waals surface area contributed by atoms with Gasteiger partial charge in [-0.3, -0.25) is 19.3 Å². The number of carbonyl (C=O) groups is 2. The third-order valence-electron chi connectivity index (χ3n) is 7.04. The number of anilines is 1. The van der Waals surface area contributed by atoms with E-state index >= 15 is 0 Å². The van der Waals surface area contributed by atoms with Crippen LogP contribution in [0.1, 0.15) is 56.1 Å². The van der Waals surface area contributed by atoms with Gasteiger partial charge in [0.05, 0.1) is 38.3 Å². The van der Waals surface area contributed by atoms with Crippen molar-refractivity contribution in [3.05, 3.63) is 92.3 Å². The summed E-state index contributed by atoms with van der Waals surface area (Å²) in [7, 11) is 4.50. The first kappa shape index (κ1) is 25.1. The molecule has 0 bridgehead atoms. The summed E-state index contributed by atoms with van der Waals surface area (Å²) < 4.78 is 22.7. The zero-order valence-corrected chi connectivity index (χ0v) is 22.0. The zero-order valence-electron chi connectivity index (χ0n) is 22.0. The molecule has 0 N–H and O–H groups in total. The number of carbonyl (C=O) groups excluding carboxylic acids is 2. The van der Waals surface area contributed by atoms with Gasteiger partial charge in [-0.1, -0.05) is 0 Å². The van der Waals surface area contributed by atoms with Crippen LogP contribution in [0.25, 0.3) is 11.0 Å². The van der Waals surface area contributed by atoms with Crippen LogP contribution < -0.4 is 24.5 Å². The van der Waals surface area contributed by atoms with Crippen molar-refractivity contribution < 1.29 is 28.2 Å². The molecule has 194 valence electrons. The molecular formula is C30H27NO7. The van der Waals surface area contributed by atoms with Crippen LogP contribution in [0.3, 0.4) is 0 Å². The Labute approximate surface area is 219 Å². The summed E-state index contributed by atoms with van der Waals surface area (Å²) in [6.45, 7) is 5.32. The van der Waals surface area contributed by atoms with Crippen LogP contribution in [0.15, 0.2) is 57.7 Å². The molecule has 0 fully saturated rings. The van der Waals surface area contributed by atoms with Crippen LogP contribution in [0.2, 0.25) is 0 Å². The number of hydrogen-bond acceptors (Lipinski definition) is 7. The molecular weight excluding hydrogens is 486 g/mol. The number of aryl methyl sites for hydroxylation is 2. The van der Waals surface area contributed by atoms with Gasteiger partial charge >= 0.3 is 0 Å². The Balaban J connectivity index is 1.82. The quantitative estimate of drug-likeness (QED) is 0.319. The predicted octanol–water partition coefficient (Wildman–Crippen LogP) is 5.39. The number of benzene rings is 3. The molecule has 4 aromatic rings. The van der Waals surface area contributed by atoms with Gasteiger partial charge in [-0.15, -0.1) is 0 Å². The van der Waals surface area contributed by atoms with Crippen LogP contribution in [0.4, 0.5) is 5.69 Å². The van der Waals surface area contributed by atoms with Crippen LogP contribution in [0, 0.1) is 13.8 Å². The van der Waals surface area contributed by atoms with Gasteiger partial charge in [-0.05, 0) is 86.0 Å². The number of ether oxygens (including phenoxy) is 3. The van der Waals surface area contributed by atoms with Crippen LogP contribution >= 0.6 is 0 Å². The Bertz CT molecular complexity index is 1640. The van der Waals surface area contributed by atoms with Crippen molar-refractivity contribution in [2.75, 3.05) is 26.2 Å². The second kappa shape index (κ2) is 9.37. The van der Waals surface area contributed by atoms with E-state index in [1.165, 1.54) is 33.2 Å². The number of methoxy groups -OCH3 is 3. The summed E-state index contributed by atoms with van der Waals surface area (Å²) in [5.41, 5.74) is 3.74. The van der Waals surface area contributed by atoms with E-state index in [1.807, 2.05) is 13.8 Å². The minimum Gasteiger partial charge on any atom is -0.493 e. The third kappa shape index (κ3) is 3.80. The van der Waals surface area contributed by atoms with E-state index in [1.54, 1.807) is 48.5 Å². The highest BCUT2D eigenvalue weighted by molar-refractivity contribution is 6.11. The van der Waals surface area contributed by atoms with E-state index in [0.717, 1.165) is 11.1 Å². The highest BCUT2D eigenvalue weighted by Gasteiger charge is 2.44. The molecule has 2 heterocycles. The smallest absolute Gasteiger partial charge is 0.295 e. The minimum absolute atomic E-state index is 0.0276. The molecule has 3 aromatic carbocycles. The summed E-state index contributed by atoms with van der Waals surface area (Å²) >= 11 is 0. The fraction of sp³-hybridized carbons (Fsp3) is 0.233. The van der Waals surface area contributed by atoms with Gasteiger partial charge in [-0.2, -0.15) is 0 Å². The monoisotopic (exact) mass is 513 g/mol. The van der Waals surface area contributed by atoms with Crippen LogP contribution in [-0.4, -0.2) is 33.0 Å². The lowest BCUT2D eigenvalue weighted by Gasteiger charge is -2.26. The lowest BCUT2D eigenvalue weighted by Crippen LogP contribution is -2.29. The molecule has 0 saturated heterocycles. The molecule has 5 rings (SSSR count). The number of nitrogens with zero attached hydrogens (tertiary/aromatic N) is 1. The fourth-order valence-corrected chi connectivity index (χ4v) is 4.93. The lowest BCUT2D eigenvalue weighted by molar-refractivity contribution is 0.0970. The molecule has 38 heavy (non-hydrogen) atoms. The van der Waals surface area contributed by atoms with Crippen LogP contribution in [-0.2, 0) is 0 Å². The van der Waals surface area contributed by atoms with Gasteiger partial charge in [0.1, 0.15) is 5.58 Å². The Morgan fingerprint density at radius 2 is 1.47 bits per heavy atom. The molecule has 8 nitrogen and oxygen atoms in total. The molecule has 1 aromatic heterocycles. The summed E-state index contributed by atoms with van der Waals surface area (Å²) in [5, 5.41) is 0.394. The Morgan fingerprint density at radius 3 is 2.03 bits per heavy atom. The number of Topliss-reactive ketones (excluding diaryl/α,β-unsaturated/α-hetero) is 1. The summed E-state index contributed by atoms with van der Waals surface area (Å²) in [4.78, 5) is 41.3. The molecule has 0 spiro atoms. The molecule has 1 aliphatic rings. The fourth-order valence-electron chi connectivity index (χ4n) is 4.93. The molecule has 0 saturated carbocycles. The predicted molar refractivity (Wildman–Crippen MR) is 143 cm³/mol. The normalized spacial score (nSPS) is 14.5. The Hall–Kier alpha value is -4.59. The third-order valence-corrected chi connectivity index (χ3v) is 7.04. The SMILES string of the molecule is COc1cc(C2c3c(oc4cc(C)c(C)cc4c3=O)C(=O)N2c2ccc(C(C)=O)cc2)cc(OC)c1OC. The van der Waals surface area contributed by atoms with E-state index in [9.17, 15) is 14.4 Å². The zero-order chi connectivity index (χ0) is 27.3. The first-order valence-corrected chi connectivity index (χ1v) is 12.0. The largest absolute Gasteiger partial charge is 0.493 e. The Kier molecular flexibility index (Phi) is 6.18. The number of rotatable bonds is 6. The van der Waals surface area contributed by atoms with Crippen molar-refractivity contribution in [1.82, 2.24) is 0 Å². The summed E-state index contributed by atoms with van der Waals surface area (Å²) in [5.74, 6) is 0.559. The second-order valence-corrected chi connectivity index (χ2v) is 9.25. The standard InChI is InChI=1S/C30H27NO7/c1-15-11-21-22(12-16(15)2)38-29-25(27(21)33)26(19-13-23(35-4)28(37-6)24(14-19)36-5)31(30(29)34)20-9-7-18(8-10-20)17(3)32/h7-14,26H,1-6H3. The maximum absolute atomic E-state index is 14.0. The van der Waals surface area contributed by atoms with Gasteiger partial charge in [0, 0.05) is 11.3 Å². The van der Waals surface area contributed by atoms with E-state index in [-0.39, 0.29) is 22.5 Å². The molecule has 1 atom stereocenters. The van der Waals surface area contributed by atoms with Gasteiger partial charge in [0.25, 0.3) is 5.91 Å². The molecule has 0 radical (unpaired) electrons. The second-order valence-electron chi connectivity index (χ2n) is 9.25. The number of hydrogen-bond donors (Lipinski definition) is 0. The lowest BCUT2D eigenvalue weighted by atomic mass is 9.96. The van der Waals surface area contributed by atoms with Crippen molar-refractivity contribution in [2.45, 2.75) is 26.8 Å². The van der Waals surface area contributed by atoms with E-state index in [2.05, 4.69) is 0 Å². The molecule has 1 unspecified atom stereocenters. The number of fused-ring (bicyclic) bond motifs is 2. The summed E-state index contributed by atoms with van der Waals surface area (Å²) in [6, 6.07) is 12.8. The summed E-state index contributed by atoms with van der Waals surface area (Å²) in [6.07, 6.45) is 0. The molecule has 0 aliphatic carbocycles.